The molecule has 0 aliphatic carbocycles. The Morgan fingerprint density at radius 3 is 2.28 bits per heavy atom. The van der Waals surface area contributed by atoms with E-state index in [4.69, 9.17) is 4.74 Å². The molecule has 0 amide bonds. The number of cyclic esters (lactones) is 1. The number of aliphatic hydroxyl groups is 1. The van der Waals surface area contributed by atoms with Crippen molar-refractivity contribution >= 4 is 17.5 Å². The van der Waals surface area contributed by atoms with Gasteiger partial charge in [-0.1, -0.05) is 40.7 Å². The Bertz CT molecular complexity index is 524. The number of ether oxygens (including phenoxy) is 1. The summed E-state index contributed by atoms with van der Waals surface area (Å²) in [7, 11) is 0. The maximum Gasteiger partial charge on any atom is 0.316 e. The van der Waals surface area contributed by atoms with Gasteiger partial charge in [-0.25, -0.2) is 0 Å². The van der Waals surface area contributed by atoms with Gasteiger partial charge >= 0.3 is 5.97 Å². The van der Waals surface area contributed by atoms with Crippen LogP contribution in [-0.2, 0) is 19.1 Å². The monoisotopic (exact) mass is 352 g/mol. The minimum Gasteiger partial charge on any atom is -0.461 e. The van der Waals surface area contributed by atoms with E-state index in [1.807, 2.05) is 27.7 Å². The number of hydrogen-bond acceptors (Lipinski definition) is 5. The third-order valence-electron chi connectivity index (χ3n) is 5.36. The Labute approximate surface area is 150 Å². The summed E-state index contributed by atoms with van der Waals surface area (Å²) in [5.41, 5.74) is 0. The minimum absolute atomic E-state index is 0.0171. The maximum absolute atomic E-state index is 12.6. The molecule has 0 bridgehead atoms. The van der Waals surface area contributed by atoms with E-state index in [1.54, 1.807) is 19.1 Å². The second kappa shape index (κ2) is 9.27. The van der Waals surface area contributed by atoms with E-state index in [9.17, 15) is 19.5 Å². The molecule has 1 aliphatic rings. The molecule has 142 valence electrons. The van der Waals surface area contributed by atoms with Gasteiger partial charge in [-0.15, -0.1) is 0 Å². The molecule has 0 aromatic carbocycles. The number of Topliss-reactive ketones (excluding diaryl/α,β-unsaturated/α-hetero) is 1. The van der Waals surface area contributed by atoms with Gasteiger partial charge in [0, 0.05) is 17.8 Å². The van der Waals surface area contributed by atoms with Crippen molar-refractivity contribution in [2.75, 3.05) is 0 Å². The van der Waals surface area contributed by atoms with E-state index in [0.717, 1.165) is 0 Å². The van der Waals surface area contributed by atoms with Gasteiger partial charge in [0.05, 0.1) is 6.10 Å². The molecule has 7 atom stereocenters. The fourth-order valence-electron chi connectivity index (χ4n) is 3.33. The lowest BCUT2D eigenvalue weighted by molar-refractivity contribution is -0.159. The van der Waals surface area contributed by atoms with Crippen molar-refractivity contribution in [2.45, 2.75) is 66.6 Å². The molecule has 0 aromatic rings. The van der Waals surface area contributed by atoms with Gasteiger partial charge in [-0.2, -0.15) is 0 Å². The highest BCUT2D eigenvalue weighted by molar-refractivity contribution is 6.00. The predicted molar refractivity (Wildman–Crippen MR) is 95.8 cm³/mol. The molecule has 0 aromatic heterocycles. The van der Waals surface area contributed by atoms with E-state index in [-0.39, 0.29) is 35.4 Å². The van der Waals surface area contributed by atoms with Gasteiger partial charge in [-0.3, -0.25) is 14.4 Å². The Hall–Kier alpha value is -1.49. The third kappa shape index (κ3) is 5.50. The molecule has 0 unspecified atom stereocenters. The number of rotatable bonds is 1. The molecule has 1 aliphatic heterocycles. The third-order valence-corrected chi connectivity index (χ3v) is 5.36. The normalized spacial score (nSPS) is 40.3. The van der Waals surface area contributed by atoms with Gasteiger partial charge in [0.15, 0.2) is 11.6 Å². The van der Waals surface area contributed by atoms with Gasteiger partial charge in [0.2, 0.25) is 0 Å². The van der Waals surface area contributed by atoms with Crippen molar-refractivity contribution in [3.05, 3.63) is 12.2 Å². The second-order valence-electron chi connectivity index (χ2n) is 7.52. The molecule has 0 fully saturated rings. The maximum atomic E-state index is 12.6. The zero-order valence-electron chi connectivity index (χ0n) is 16.2. The first-order chi connectivity index (χ1) is 11.6. The van der Waals surface area contributed by atoms with Crippen LogP contribution in [0.2, 0.25) is 0 Å². The molecule has 0 saturated heterocycles. The molecule has 0 radical (unpaired) electrons. The lowest BCUT2D eigenvalue weighted by Gasteiger charge is -2.28. The van der Waals surface area contributed by atoms with Crippen molar-refractivity contribution in [3.8, 4) is 0 Å². The Morgan fingerprint density at radius 1 is 1.12 bits per heavy atom. The van der Waals surface area contributed by atoms with Crippen molar-refractivity contribution in [1.82, 2.24) is 0 Å². The standard InChI is InChI=1S/C20H32O5/c1-7-17-11(2)8-9-16(21)12(3)10-13(4)18(22)14(5)19(23)15(6)20(24)25-17/h8-9,11-15,17-18,22H,7,10H2,1-6H3/b9-8+/t11-,12-,13-,14-,15+,17-,18+/m0/s1. The predicted octanol–water partition coefficient (Wildman–Crippen LogP) is 2.95. The molecule has 25 heavy (non-hydrogen) atoms. The van der Waals surface area contributed by atoms with Crippen LogP contribution in [0, 0.1) is 29.6 Å². The molecule has 0 saturated carbocycles. The van der Waals surface area contributed by atoms with E-state index < -0.39 is 23.9 Å². The van der Waals surface area contributed by atoms with Crippen LogP contribution in [-0.4, -0.2) is 34.9 Å². The number of hydrogen-bond donors (Lipinski definition) is 1. The van der Waals surface area contributed by atoms with Gasteiger partial charge in [0.1, 0.15) is 12.0 Å². The van der Waals surface area contributed by atoms with Crippen LogP contribution in [0.25, 0.3) is 0 Å². The fraction of sp³-hybridized carbons (Fsp3) is 0.750. The highest BCUT2D eigenvalue weighted by atomic mass is 16.5. The summed E-state index contributed by atoms with van der Waals surface area (Å²) >= 11 is 0. The Kier molecular flexibility index (Phi) is 8.00. The highest BCUT2D eigenvalue weighted by Crippen LogP contribution is 2.25. The van der Waals surface area contributed by atoms with E-state index >= 15 is 0 Å². The van der Waals surface area contributed by atoms with E-state index in [1.165, 1.54) is 6.92 Å². The zero-order valence-corrected chi connectivity index (χ0v) is 16.2. The summed E-state index contributed by atoms with van der Waals surface area (Å²) in [6.07, 6.45) is 3.12. The average Bonchev–Trinajstić information content (AvgIpc) is 2.59. The number of aliphatic hydroxyl groups excluding tert-OH is 1. The number of carbonyl (C=O) groups excluding carboxylic acids is 3. The number of esters is 1. The summed E-state index contributed by atoms with van der Waals surface area (Å²) in [5, 5.41) is 10.5. The zero-order chi connectivity index (χ0) is 19.3. The minimum atomic E-state index is -0.913. The van der Waals surface area contributed by atoms with Gasteiger partial charge in [0.25, 0.3) is 0 Å². The van der Waals surface area contributed by atoms with Crippen LogP contribution in [0.3, 0.4) is 0 Å². The molecular formula is C20H32O5. The molecule has 1 rings (SSSR count). The van der Waals surface area contributed by atoms with Crippen molar-refractivity contribution in [2.24, 2.45) is 29.6 Å². The largest absolute Gasteiger partial charge is 0.461 e. The molecule has 1 heterocycles. The Balaban J connectivity index is 3.16. The first kappa shape index (κ1) is 21.6. The molecule has 5 nitrogen and oxygen atoms in total. The van der Waals surface area contributed by atoms with Crippen LogP contribution in [0.15, 0.2) is 12.2 Å². The molecule has 0 spiro atoms. The van der Waals surface area contributed by atoms with Gasteiger partial charge < -0.3 is 9.84 Å². The summed E-state index contributed by atoms with van der Waals surface area (Å²) in [4.78, 5) is 37.2. The van der Waals surface area contributed by atoms with Gasteiger partial charge in [-0.05, 0) is 31.8 Å². The second-order valence-corrected chi connectivity index (χ2v) is 7.52. The van der Waals surface area contributed by atoms with Crippen molar-refractivity contribution in [1.29, 1.82) is 0 Å². The van der Waals surface area contributed by atoms with Crippen molar-refractivity contribution in [3.63, 3.8) is 0 Å². The SMILES string of the molecule is CC[C@@H]1OC(=O)[C@H](C)C(=O)[C@@H](C)[C@H](O)[C@@H](C)C[C@H](C)C(=O)/C=C/[C@@H]1C. The summed E-state index contributed by atoms with van der Waals surface area (Å²) in [6, 6.07) is 0. The summed E-state index contributed by atoms with van der Waals surface area (Å²) in [6.45, 7) is 10.6. The quantitative estimate of drug-likeness (QED) is 0.580. The van der Waals surface area contributed by atoms with Crippen LogP contribution >= 0.6 is 0 Å². The summed E-state index contributed by atoms with van der Waals surface area (Å²) in [5.74, 6) is -3.08. The highest BCUT2D eigenvalue weighted by Gasteiger charge is 2.35. The fourth-order valence-corrected chi connectivity index (χ4v) is 3.33. The van der Waals surface area contributed by atoms with Crippen LogP contribution in [0.5, 0.6) is 0 Å². The number of carbonyl (C=O) groups is 3. The first-order valence-corrected chi connectivity index (χ1v) is 9.24. The smallest absolute Gasteiger partial charge is 0.316 e. The van der Waals surface area contributed by atoms with Crippen molar-refractivity contribution < 1.29 is 24.2 Å². The number of allylic oxidation sites excluding steroid dienone is 1. The number of ketones is 2. The lowest BCUT2D eigenvalue weighted by Crippen LogP contribution is -2.39. The average molecular weight is 352 g/mol. The first-order valence-electron chi connectivity index (χ1n) is 9.24. The molecular weight excluding hydrogens is 320 g/mol. The topological polar surface area (TPSA) is 80.7 Å². The molecule has 5 heteroatoms. The van der Waals surface area contributed by atoms with E-state index in [2.05, 4.69) is 0 Å². The molecule has 1 N–H and O–H groups in total. The van der Waals surface area contributed by atoms with Crippen LogP contribution < -0.4 is 0 Å². The Morgan fingerprint density at radius 2 is 1.72 bits per heavy atom. The van der Waals surface area contributed by atoms with Crippen LogP contribution in [0.4, 0.5) is 0 Å². The van der Waals surface area contributed by atoms with E-state index in [0.29, 0.717) is 12.8 Å². The lowest BCUT2D eigenvalue weighted by atomic mass is 9.81. The summed E-state index contributed by atoms with van der Waals surface area (Å²) < 4.78 is 5.51. The van der Waals surface area contributed by atoms with Crippen LogP contribution in [0.1, 0.15) is 54.4 Å².